The van der Waals surface area contributed by atoms with Crippen LogP contribution in [0.3, 0.4) is 0 Å². The van der Waals surface area contributed by atoms with Crippen LogP contribution in [0, 0.1) is 12.7 Å². The molecular formula is C14H12Cl2FNO. The highest BCUT2D eigenvalue weighted by atomic mass is 35.5. The van der Waals surface area contributed by atoms with E-state index in [1.807, 2.05) is 0 Å². The molecule has 0 aliphatic carbocycles. The SMILES string of the molecule is Cc1cc(NCc2cc(Cl)cc(Cl)c2O)ccc1F. The van der Waals surface area contributed by atoms with Gasteiger partial charge in [-0.2, -0.15) is 0 Å². The van der Waals surface area contributed by atoms with Crippen molar-refractivity contribution in [2.75, 3.05) is 5.32 Å². The Labute approximate surface area is 120 Å². The normalized spacial score (nSPS) is 10.5. The number of hydrogen-bond donors (Lipinski definition) is 2. The Balaban J connectivity index is 2.16. The fourth-order valence-electron chi connectivity index (χ4n) is 1.71. The van der Waals surface area contributed by atoms with E-state index in [4.69, 9.17) is 23.2 Å². The van der Waals surface area contributed by atoms with Gasteiger partial charge in [-0.1, -0.05) is 23.2 Å². The lowest BCUT2D eigenvalue weighted by Crippen LogP contribution is -2.00. The summed E-state index contributed by atoms with van der Waals surface area (Å²) in [5.41, 5.74) is 1.90. The number of phenolic OH excluding ortho intramolecular Hbond substituents is 1. The average Bonchev–Trinajstić information content (AvgIpc) is 2.36. The number of phenols is 1. The number of aromatic hydroxyl groups is 1. The van der Waals surface area contributed by atoms with E-state index in [-0.39, 0.29) is 16.6 Å². The van der Waals surface area contributed by atoms with Crippen molar-refractivity contribution in [3.63, 3.8) is 0 Å². The third kappa shape index (κ3) is 3.31. The Morgan fingerprint density at radius 2 is 1.95 bits per heavy atom. The second-order valence-corrected chi connectivity index (χ2v) is 5.06. The molecule has 100 valence electrons. The smallest absolute Gasteiger partial charge is 0.139 e. The number of halogens is 3. The molecule has 0 amide bonds. The zero-order valence-corrected chi connectivity index (χ0v) is 11.7. The van der Waals surface area contributed by atoms with Gasteiger partial charge in [-0.05, 0) is 42.8 Å². The summed E-state index contributed by atoms with van der Waals surface area (Å²) in [5.74, 6) is -0.253. The molecule has 5 heteroatoms. The van der Waals surface area contributed by atoms with Crippen molar-refractivity contribution in [3.05, 3.63) is 57.3 Å². The van der Waals surface area contributed by atoms with Crippen LogP contribution in [0.2, 0.25) is 10.0 Å². The van der Waals surface area contributed by atoms with Crippen LogP contribution < -0.4 is 5.32 Å². The largest absolute Gasteiger partial charge is 0.506 e. The summed E-state index contributed by atoms with van der Waals surface area (Å²) in [6, 6.07) is 7.82. The van der Waals surface area contributed by atoms with Crippen molar-refractivity contribution < 1.29 is 9.50 Å². The van der Waals surface area contributed by atoms with Gasteiger partial charge in [-0.3, -0.25) is 0 Å². The van der Waals surface area contributed by atoms with Crippen LogP contribution in [-0.4, -0.2) is 5.11 Å². The molecular weight excluding hydrogens is 288 g/mol. The van der Waals surface area contributed by atoms with E-state index < -0.39 is 0 Å². The number of aryl methyl sites for hydroxylation is 1. The molecule has 0 saturated carbocycles. The summed E-state index contributed by atoms with van der Waals surface area (Å²) in [4.78, 5) is 0. The molecule has 0 aliphatic rings. The van der Waals surface area contributed by atoms with Gasteiger partial charge in [0.15, 0.2) is 0 Å². The summed E-state index contributed by atoms with van der Waals surface area (Å²) < 4.78 is 13.1. The van der Waals surface area contributed by atoms with Crippen molar-refractivity contribution in [3.8, 4) is 5.75 Å². The van der Waals surface area contributed by atoms with Gasteiger partial charge in [0.05, 0.1) is 5.02 Å². The molecule has 0 unspecified atom stereocenters. The minimum atomic E-state index is -0.251. The molecule has 0 aliphatic heterocycles. The topological polar surface area (TPSA) is 32.3 Å². The van der Waals surface area contributed by atoms with Crippen molar-refractivity contribution in [2.24, 2.45) is 0 Å². The minimum absolute atomic E-state index is 0.00241. The first-order valence-corrected chi connectivity index (χ1v) is 6.40. The van der Waals surface area contributed by atoms with Gasteiger partial charge >= 0.3 is 0 Å². The van der Waals surface area contributed by atoms with Crippen molar-refractivity contribution in [1.82, 2.24) is 0 Å². The fourth-order valence-corrected chi connectivity index (χ4v) is 2.24. The molecule has 2 aromatic rings. The molecule has 19 heavy (non-hydrogen) atoms. The van der Waals surface area contributed by atoms with E-state index in [0.29, 0.717) is 22.7 Å². The van der Waals surface area contributed by atoms with Gasteiger partial charge in [0, 0.05) is 22.8 Å². The molecule has 0 bridgehead atoms. The summed E-state index contributed by atoms with van der Waals surface area (Å²) in [6.07, 6.45) is 0. The number of hydrogen-bond acceptors (Lipinski definition) is 2. The van der Waals surface area contributed by atoms with E-state index in [0.717, 1.165) is 5.69 Å². The first kappa shape index (κ1) is 14.0. The third-order valence-corrected chi connectivity index (χ3v) is 3.25. The van der Waals surface area contributed by atoms with Gasteiger partial charge in [0.1, 0.15) is 11.6 Å². The van der Waals surface area contributed by atoms with Crippen LogP contribution >= 0.6 is 23.2 Å². The van der Waals surface area contributed by atoms with E-state index in [9.17, 15) is 9.50 Å². The zero-order valence-electron chi connectivity index (χ0n) is 10.2. The van der Waals surface area contributed by atoms with Crippen LogP contribution in [0.1, 0.15) is 11.1 Å². The number of anilines is 1. The molecule has 0 aromatic heterocycles. The summed E-state index contributed by atoms with van der Waals surface area (Å²) in [7, 11) is 0. The molecule has 0 heterocycles. The minimum Gasteiger partial charge on any atom is -0.506 e. The molecule has 2 N–H and O–H groups in total. The summed E-state index contributed by atoms with van der Waals surface area (Å²) >= 11 is 11.7. The second-order valence-electron chi connectivity index (χ2n) is 4.21. The maximum atomic E-state index is 13.1. The Hall–Kier alpha value is -1.45. The van der Waals surface area contributed by atoms with Crippen LogP contribution in [0.4, 0.5) is 10.1 Å². The van der Waals surface area contributed by atoms with Crippen molar-refractivity contribution >= 4 is 28.9 Å². The lowest BCUT2D eigenvalue weighted by Gasteiger charge is -2.10. The Bertz CT molecular complexity index is 617. The van der Waals surface area contributed by atoms with Gasteiger partial charge in [-0.15, -0.1) is 0 Å². The highest BCUT2D eigenvalue weighted by Gasteiger charge is 2.08. The van der Waals surface area contributed by atoms with E-state index >= 15 is 0 Å². The molecule has 0 radical (unpaired) electrons. The monoisotopic (exact) mass is 299 g/mol. The van der Waals surface area contributed by atoms with Crippen LogP contribution in [0.15, 0.2) is 30.3 Å². The predicted molar refractivity (Wildman–Crippen MR) is 76.6 cm³/mol. The third-order valence-electron chi connectivity index (χ3n) is 2.75. The summed E-state index contributed by atoms with van der Waals surface area (Å²) in [6.45, 7) is 2.03. The van der Waals surface area contributed by atoms with Gasteiger partial charge in [0.2, 0.25) is 0 Å². The maximum absolute atomic E-state index is 13.1. The average molecular weight is 300 g/mol. The van der Waals surface area contributed by atoms with Crippen LogP contribution in [-0.2, 0) is 6.54 Å². The van der Waals surface area contributed by atoms with Gasteiger partial charge in [-0.25, -0.2) is 4.39 Å². The van der Waals surface area contributed by atoms with Crippen molar-refractivity contribution in [2.45, 2.75) is 13.5 Å². The molecule has 0 spiro atoms. The van der Waals surface area contributed by atoms with Gasteiger partial charge in [0.25, 0.3) is 0 Å². The quantitative estimate of drug-likeness (QED) is 0.856. The lowest BCUT2D eigenvalue weighted by molar-refractivity contribution is 0.469. The van der Waals surface area contributed by atoms with Crippen LogP contribution in [0.5, 0.6) is 5.75 Å². The highest BCUT2D eigenvalue weighted by molar-refractivity contribution is 6.35. The fraction of sp³-hybridized carbons (Fsp3) is 0.143. The molecule has 0 atom stereocenters. The van der Waals surface area contributed by atoms with Gasteiger partial charge < -0.3 is 10.4 Å². The lowest BCUT2D eigenvalue weighted by atomic mass is 10.1. The first-order valence-electron chi connectivity index (χ1n) is 5.64. The first-order chi connectivity index (χ1) is 8.97. The van der Waals surface area contributed by atoms with Crippen molar-refractivity contribution in [1.29, 1.82) is 0 Å². The molecule has 0 fully saturated rings. The van der Waals surface area contributed by atoms with Crippen LogP contribution in [0.25, 0.3) is 0 Å². The van der Waals surface area contributed by atoms with E-state index in [1.54, 1.807) is 25.1 Å². The zero-order chi connectivity index (χ0) is 14.0. The Kier molecular flexibility index (Phi) is 4.17. The van der Waals surface area contributed by atoms with E-state index in [2.05, 4.69) is 5.32 Å². The predicted octanol–water partition coefficient (Wildman–Crippen LogP) is 4.76. The number of rotatable bonds is 3. The Morgan fingerprint density at radius 1 is 1.21 bits per heavy atom. The van der Waals surface area contributed by atoms with E-state index in [1.165, 1.54) is 12.1 Å². The Morgan fingerprint density at radius 3 is 2.63 bits per heavy atom. The summed E-state index contributed by atoms with van der Waals surface area (Å²) in [5, 5.41) is 13.5. The maximum Gasteiger partial charge on any atom is 0.139 e. The molecule has 2 aromatic carbocycles. The second kappa shape index (κ2) is 5.68. The highest BCUT2D eigenvalue weighted by Crippen LogP contribution is 2.31. The standard InChI is InChI=1S/C14H12Cl2FNO/c1-8-4-11(2-3-13(8)17)18-7-9-5-10(15)6-12(16)14(9)19/h2-6,18-19H,7H2,1H3. The number of nitrogens with one attached hydrogen (secondary N) is 1. The molecule has 2 nitrogen and oxygen atoms in total. The number of benzene rings is 2. The molecule has 0 saturated heterocycles. The molecule has 2 rings (SSSR count).